The van der Waals surface area contributed by atoms with Crippen molar-refractivity contribution in [3.8, 4) is 6.07 Å². The van der Waals surface area contributed by atoms with Crippen LogP contribution >= 0.6 is 11.6 Å². The van der Waals surface area contributed by atoms with E-state index >= 15 is 0 Å². The summed E-state index contributed by atoms with van der Waals surface area (Å²) in [7, 11) is 0. The maximum Gasteiger partial charge on any atom is 0.224 e. The van der Waals surface area contributed by atoms with E-state index in [1.54, 1.807) is 12.1 Å². The zero-order valence-electron chi connectivity index (χ0n) is 11.5. The first kappa shape index (κ1) is 14.7. The molecule has 1 aromatic carbocycles. The molecule has 1 aliphatic rings. The van der Waals surface area contributed by atoms with Crippen molar-refractivity contribution in [3.05, 3.63) is 28.8 Å². The van der Waals surface area contributed by atoms with Gasteiger partial charge in [-0.1, -0.05) is 11.6 Å². The van der Waals surface area contributed by atoms with Crippen LogP contribution < -0.4 is 10.2 Å². The molecular formula is C15H18ClN3O. The molecule has 5 heteroatoms. The van der Waals surface area contributed by atoms with Crippen LogP contribution in [0, 0.1) is 17.2 Å². The number of hydrogen-bond acceptors (Lipinski definition) is 3. The van der Waals surface area contributed by atoms with Crippen LogP contribution in [0.15, 0.2) is 18.2 Å². The van der Waals surface area contributed by atoms with E-state index in [0.717, 1.165) is 25.1 Å². The third kappa shape index (κ3) is 3.23. The van der Waals surface area contributed by atoms with Crippen molar-refractivity contribution in [3.63, 3.8) is 0 Å². The molecule has 0 unspecified atom stereocenters. The zero-order valence-corrected chi connectivity index (χ0v) is 12.3. The fourth-order valence-electron chi connectivity index (χ4n) is 2.60. The van der Waals surface area contributed by atoms with Gasteiger partial charge in [-0.2, -0.15) is 5.26 Å². The number of carbonyl (C=O) groups is 1. The lowest BCUT2D eigenvalue weighted by Gasteiger charge is -2.34. The summed E-state index contributed by atoms with van der Waals surface area (Å²) in [5.41, 5.74) is 1.43. The maximum absolute atomic E-state index is 12.0. The molecule has 106 valence electrons. The molecule has 1 heterocycles. The molecule has 1 N–H and O–H groups in total. The number of carbonyl (C=O) groups excluding carboxylic acids is 1. The van der Waals surface area contributed by atoms with Gasteiger partial charge in [-0.05, 0) is 38.0 Å². The summed E-state index contributed by atoms with van der Waals surface area (Å²) in [6, 6.07) is 7.50. The summed E-state index contributed by atoms with van der Waals surface area (Å²) < 4.78 is 0. The SMILES string of the molecule is CCNC(=O)[C@H]1CCCN(c2ccc(Cl)cc2C#N)C1. The molecule has 20 heavy (non-hydrogen) atoms. The zero-order chi connectivity index (χ0) is 14.5. The van der Waals surface area contributed by atoms with Gasteiger partial charge in [0.25, 0.3) is 0 Å². The van der Waals surface area contributed by atoms with E-state index in [0.29, 0.717) is 23.7 Å². The molecule has 0 spiro atoms. The summed E-state index contributed by atoms with van der Waals surface area (Å²) in [6.45, 7) is 4.10. The second-order valence-corrected chi connectivity index (χ2v) is 5.39. The van der Waals surface area contributed by atoms with Crippen molar-refractivity contribution in [1.29, 1.82) is 5.26 Å². The van der Waals surface area contributed by atoms with E-state index in [-0.39, 0.29) is 11.8 Å². The van der Waals surface area contributed by atoms with Gasteiger partial charge in [-0.3, -0.25) is 4.79 Å². The van der Waals surface area contributed by atoms with Gasteiger partial charge in [-0.15, -0.1) is 0 Å². The minimum atomic E-state index is -0.00841. The van der Waals surface area contributed by atoms with Crippen LogP contribution in [-0.2, 0) is 4.79 Å². The highest BCUT2D eigenvalue weighted by Crippen LogP contribution is 2.28. The van der Waals surface area contributed by atoms with Crippen molar-refractivity contribution in [2.75, 3.05) is 24.5 Å². The van der Waals surface area contributed by atoms with Crippen molar-refractivity contribution in [1.82, 2.24) is 5.32 Å². The Kier molecular flexibility index (Phi) is 4.86. The fourth-order valence-corrected chi connectivity index (χ4v) is 2.77. The van der Waals surface area contributed by atoms with E-state index < -0.39 is 0 Å². The van der Waals surface area contributed by atoms with Crippen LogP contribution in [-0.4, -0.2) is 25.5 Å². The predicted molar refractivity (Wildman–Crippen MR) is 79.8 cm³/mol. The van der Waals surface area contributed by atoms with Crippen LogP contribution in [0.1, 0.15) is 25.3 Å². The Morgan fingerprint density at radius 2 is 2.40 bits per heavy atom. The second kappa shape index (κ2) is 6.62. The van der Waals surface area contributed by atoms with Gasteiger partial charge >= 0.3 is 0 Å². The summed E-state index contributed by atoms with van der Waals surface area (Å²) in [6.07, 6.45) is 1.85. The highest BCUT2D eigenvalue weighted by Gasteiger charge is 2.26. The molecule has 1 amide bonds. The normalized spacial score (nSPS) is 18.4. The van der Waals surface area contributed by atoms with E-state index in [9.17, 15) is 10.1 Å². The number of halogens is 1. The number of nitrogens with zero attached hydrogens (tertiary/aromatic N) is 2. The van der Waals surface area contributed by atoms with Gasteiger partial charge in [0, 0.05) is 24.7 Å². The Bertz CT molecular complexity index is 538. The highest BCUT2D eigenvalue weighted by molar-refractivity contribution is 6.30. The Morgan fingerprint density at radius 3 is 3.10 bits per heavy atom. The molecule has 0 aliphatic carbocycles. The highest BCUT2D eigenvalue weighted by atomic mass is 35.5. The van der Waals surface area contributed by atoms with Crippen LogP contribution in [0.25, 0.3) is 0 Å². The van der Waals surface area contributed by atoms with E-state index in [1.807, 2.05) is 13.0 Å². The van der Waals surface area contributed by atoms with E-state index in [4.69, 9.17) is 11.6 Å². The first-order valence-electron chi connectivity index (χ1n) is 6.88. The van der Waals surface area contributed by atoms with Crippen molar-refractivity contribution in [2.45, 2.75) is 19.8 Å². The molecule has 1 aliphatic heterocycles. The summed E-state index contributed by atoms with van der Waals surface area (Å²) in [5, 5.41) is 12.6. The molecule has 1 atom stereocenters. The average molecular weight is 292 g/mol. The Hall–Kier alpha value is -1.73. The third-order valence-corrected chi connectivity index (χ3v) is 3.80. The van der Waals surface area contributed by atoms with Gasteiger partial charge in [-0.25, -0.2) is 0 Å². The number of hydrogen-bond donors (Lipinski definition) is 1. The Morgan fingerprint density at radius 1 is 1.60 bits per heavy atom. The molecule has 2 rings (SSSR count). The molecule has 1 aromatic rings. The molecule has 0 saturated carbocycles. The predicted octanol–water partition coefficient (Wildman–Crippen LogP) is 2.56. The van der Waals surface area contributed by atoms with Gasteiger partial charge in [0.05, 0.1) is 17.2 Å². The lowest BCUT2D eigenvalue weighted by molar-refractivity contribution is -0.125. The van der Waals surface area contributed by atoms with Crippen molar-refractivity contribution < 1.29 is 4.79 Å². The smallest absolute Gasteiger partial charge is 0.224 e. The largest absolute Gasteiger partial charge is 0.370 e. The molecule has 0 bridgehead atoms. The quantitative estimate of drug-likeness (QED) is 0.931. The minimum Gasteiger partial charge on any atom is -0.370 e. The van der Waals surface area contributed by atoms with Gasteiger partial charge in [0.1, 0.15) is 6.07 Å². The lowest BCUT2D eigenvalue weighted by atomic mass is 9.96. The average Bonchev–Trinajstić information content (AvgIpc) is 2.47. The number of nitrogens with one attached hydrogen (secondary N) is 1. The molecule has 4 nitrogen and oxygen atoms in total. The molecule has 0 aromatic heterocycles. The van der Waals surface area contributed by atoms with Crippen molar-refractivity contribution in [2.24, 2.45) is 5.92 Å². The van der Waals surface area contributed by atoms with Crippen LogP contribution in [0.3, 0.4) is 0 Å². The first-order chi connectivity index (χ1) is 9.65. The standard InChI is InChI=1S/C15H18ClN3O/c1-2-18-15(20)11-4-3-7-19(10-11)14-6-5-13(16)8-12(14)9-17/h5-6,8,11H,2-4,7,10H2,1H3,(H,18,20)/t11-/m0/s1. The van der Waals surface area contributed by atoms with Gasteiger partial charge < -0.3 is 10.2 Å². The Labute approximate surface area is 124 Å². The molecule has 1 saturated heterocycles. The van der Waals surface area contributed by atoms with Crippen LogP contribution in [0.2, 0.25) is 5.02 Å². The van der Waals surface area contributed by atoms with Crippen molar-refractivity contribution >= 4 is 23.2 Å². The number of amides is 1. The number of piperidine rings is 1. The monoisotopic (exact) mass is 291 g/mol. The third-order valence-electron chi connectivity index (χ3n) is 3.56. The lowest BCUT2D eigenvalue weighted by Crippen LogP contribution is -2.43. The van der Waals surface area contributed by atoms with Gasteiger partial charge in [0.2, 0.25) is 5.91 Å². The summed E-state index contributed by atoms with van der Waals surface area (Å²) in [4.78, 5) is 14.1. The summed E-state index contributed by atoms with van der Waals surface area (Å²) >= 11 is 5.92. The van der Waals surface area contributed by atoms with E-state index in [2.05, 4.69) is 16.3 Å². The molecule has 1 fully saturated rings. The fraction of sp³-hybridized carbons (Fsp3) is 0.467. The first-order valence-corrected chi connectivity index (χ1v) is 7.25. The Balaban J connectivity index is 2.17. The van der Waals surface area contributed by atoms with E-state index in [1.165, 1.54) is 0 Å². The summed E-state index contributed by atoms with van der Waals surface area (Å²) in [5.74, 6) is 0.0931. The maximum atomic E-state index is 12.0. The molecule has 0 radical (unpaired) electrons. The molecular weight excluding hydrogens is 274 g/mol. The number of rotatable bonds is 3. The second-order valence-electron chi connectivity index (χ2n) is 4.95. The number of benzene rings is 1. The topological polar surface area (TPSA) is 56.1 Å². The number of nitriles is 1. The van der Waals surface area contributed by atoms with Gasteiger partial charge in [0.15, 0.2) is 0 Å². The minimum absolute atomic E-state index is 0.00841. The number of anilines is 1. The van der Waals surface area contributed by atoms with Crippen LogP contribution in [0.4, 0.5) is 5.69 Å². The van der Waals surface area contributed by atoms with Crippen LogP contribution in [0.5, 0.6) is 0 Å².